The number of carbonyl (C=O) groups is 4. The van der Waals surface area contributed by atoms with Gasteiger partial charge in [-0.1, -0.05) is 6.92 Å². The second kappa shape index (κ2) is 13.9. The highest BCUT2D eigenvalue weighted by Gasteiger charge is 2.28. The van der Waals surface area contributed by atoms with Gasteiger partial charge >= 0.3 is 0 Å². The van der Waals surface area contributed by atoms with Crippen LogP contribution in [0.5, 0.6) is 0 Å². The minimum atomic E-state index is -1.84. The molecule has 11 heteroatoms. The van der Waals surface area contributed by atoms with Crippen molar-refractivity contribution >= 4 is 23.6 Å². The number of hydrogen-bond acceptors (Lipinski definition) is 7. The van der Waals surface area contributed by atoms with Crippen molar-refractivity contribution in [1.82, 2.24) is 21.3 Å². The lowest BCUT2D eigenvalue weighted by molar-refractivity contribution is -0.140. The molecule has 0 radical (unpaired) electrons. The van der Waals surface area contributed by atoms with Crippen LogP contribution in [0.25, 0.3) is 0 Å². The summed E-state index contributed by atoms with van der Waals surface area (Å²) in [4.78, 5) is 45.3. The second-order valence-electron chi connectivity index (χ2n) is 5.93. The Morgan fingerprint density at radius 3 is 1.89 bits per heavy atom. The number of hydrogen-bond donors (Lipinski definition) is 7. The fraction of sp³-hybridized carbons (Fsp3) is 0.750. The van der Waals surface area contributed by atoms with Gasteiger partial charge in [-0.25, -0.2) is 0 Å². The summed E-state index contributed by atoms with van der Waals surface area (Å²) in [6.45, 7) is 3.67. The third-order valence-electron chi connectivity index (χ3n) is 3.42. The third-order valence-corrected chi connectivity index (χ3v) is 3.42. The van der Waals surface area contributed by atoms with Gasteiger partial charge in [-0.05, 0) is 6.42 Å². The molecule has 0 aliphatic rings. The predicted molar refractivity (Wildman–Crippen MR) is 95.3 cm³/mol. The molecule has 0 aromatic carbocycles. The number of rotatable bonds is 13. The Kier molecular flexibility index (Phi) is 12.7. The average molecular weight is 390 g/mol. The van der Waals surface area contributed by atoms with Crippen molar-refractivity contribution in [3.8, 4) is 0 Å². The number of aliphatic hydroxyl groups excluding tert-OH is 3. The molecule has 0 bridgehead atoms. The fourth-order valence-electron chi connectivity index (χ4n) is 1.99. The number of carbonyl (C=O) groups excluding carboxylic acids is 4. The van der Waals surface area contributed by atoms with Gasteiger partial charge in [-0.3, -0.25) is 19.2 Å². The first-order valence-electron chi connectivity index (χ1n) is 8.79. The van der Waals surface area contributed by atoms with Crippen molar-refractivity contribution in [1.29, 1.82) is 0 Å². The van der Waals surface area contributed by atoms with Crippen LogP contribution in [0.1, 0.15) is 33.1 Å². The second-order valence-corrected chi connectivity index (χ2v) is 5.93. The van der Waals surface area contributed by atoms with Gasteiger partial charge in [-0.2, -0.15) is 0 Å². The molecule has 0 aliphatic heterocycles. The Labute approximate surface area is 157 Å². The molecular formula is C16H30N4O7. The largest absolute Gasteiger partial charge is 0.390 e. The van der Waals surface area contributed by atoms with Crippen LogP contribution >= 0.6 is 0 Å². The molecule has 0 aromatic rings. The quantitative estimate of drug-likeness (QED) is 0.161. The van der Waals surface area contributed by atoms with E-state index in [-0.39, 0.29) is 38.0 Å². The molecule has 7 N–H and O–H groups in total. The molecule has 156 valence electrons. The van der Waals surface area contributed by atoms with E-state index in [1.54, 1.807) is 0 Å². The van der Waals surface area contributed by atoms with E-state index >= 15 is 0 Å². The molecule has 0 spiro atoms. The van der Waals surface area contributed by atoms with Crippen LogP contribution in [0.4, 0.5) is 0 Å². The van der Waals surface area contributed by atoms with Crippen LogP contribution in [0, 0.1) is 0 Å². The molecule has 0 aliphatic carbocycles. The summed E-state index contributed by atoms with van der Waals surface area (Å²) in [6.07, 6.45) is -4.60. The molecule has 0 aromatic heterocycles. The molecule has 0 saturated carbocycles. The van der Waals surface area contributed by atoms with Crippen molar-refractivity contribution in [2.45, 2.75) is 51.4 Å². The summed E-state index contributed by atoms with van der Waals surface area (Å²) in [5.74, 6) is -2.10. The van der Waals surface area contributed by atoms with E-state index in [0.717, 1.165) is 0 Å². The maximum absolute atomic E-state index is 11.7. The van der Waals surface area contributed by atoms with Crippen LogP contribution in [0.2, 0.25) is 0 Å². The topological polar surface area (TPSA) is 177 Å². The molecule has 3 atom stereocenters. The van der Waals surface area contributed by atoms with Crippen LogP contribution in [0.15, 0.2) is 0 Å². The molecular weight excluding hydrogens is 360 g/mol. The molecule has 0 saturated heterocycles. The van der Waals surface area contributed by atoms with E-state index in [9.17, 15) is 34.5 Å². The summed E-state index contributed by atoms with van der Waals surface area (Å²) >= 11 is 0. The Bertz CT molecular complexity index is 501. The van der Waals surface area contributed by atoms with Crippen LogP contribution in [0.3, 0.4) is 0 Å². The standard InChI is InChI=1S/C16H30N4O7/c1-3-4-13(24)18-6-8-20-16(27)14(25)11(22)9-12(23)15(26)19-7-5-17-10(2)21/h11-12,14,22-23,25H,3-9H2,1-2H3,(H,17,21)(H,18,24)(H,19,26)(H,20,27). The van der Waals surface area contributed by atoms with Crippen molar-refractivity contribution in [2.75, 3.05) is 26.2 Å². The lowest BCUT2D eigenvalue weighted by Crippen LogP contribution is -2.47. The van der Waals surface area contributed by atoms with Crippen LogP contribution in [-0.2, 0) is 19.2 Å². The average Bonchev–Trinajstić information content (AvgIpc) is 2.61. The van der Waals surface area contributed by atoms with E-state index in [0.29, 0.717) is 12.8 Å². The maximum Gasteiger partial charge on any atom is 0.251 e. The summed E-state index contributed by atoms with van der Waals surface area (Å²) in [5, 5.41) is 38.9. The molecule has 27 heavy (non-hydrogen) atoms. The Balaban J connectivity index is 4.10. The molecule has 0 rings (SSSR count). The van der Waals surface area contributed by atoms with E-state index < -0.39 is 36.5 Å². The van der Waals surface area contributed by atoms with Gasteiger partial charge in [0, 0.05) is 45.9 Å². The van der Waals surface area contributed by atoms with Gasteiger partial charge < -0.3 is 36.6 Å². The highest BCUT2D eigenvalue weighted by Crippen LogP contribution is 2.04. The fourth-order valence-corrected chi connectivity index (χ4v) is 1.99. The van der Waals surface area contributed by atoms with Gasteiger partial charge in [-0.15, -0.1) is 0 Å². The van der Waals surface area contributed by atoms with Crippen molar-refractivity contribution < 1.29 is 34.5 Å². The zero-order valence-electron chi connectivity index (χ0n) is 15.7. The number of aliphatic hydroxyl groups is 3. The Hall–Kier alpha value is -2.24. The van der Waals surface area contributed by atoms with Gasteiger partial charge in [0.2, 0.25) is 17.7 Å². The maximum atomic E-state index is 11.7. The highest BCUT2D eigenvalue weighted by atomic mass is 16.3. The van der Waals surface area contributed by atoms with E-state index in [2.05, 4.69) is 21.3 Å². The first-order chi connectivity index (χ1) is 12.7. The van der Waals surface area contributed by atoms with Gasteiger partial charge in [0.25, 0.3) is 5.91 Å². The summed E-state index contributed by atoms with van der Waals surface area (Å²) in [6, 6.07) is 0. The van der Waals surface area contributed by atoms with Crippen LogP contribution in [-0.4, -0.2) is 83.4 Å². The van der Waals surface area contributed by atoms with Crippen LogP contribution < -0.4 is 21.3 Å². The van der Waals surface area contributed by atoms with E-state index in [1.165, 1.54) is 6.92 Å². The zero-order chi connectivity index (χ0) is 20.8. The number of nitrogens with one attached hydrogen (secondary N) is 4. The lowest BCUT2D eigenvalue weighted by Gasteiger charge is -2.20. The summed E-state index contributed by atoms with van der Waals surface area (Å²) in [5.41, 5.74) is 0. The highest BCUT2D eigenvalue weighted by molar-refractivity contribution is 5.82. The normalized spacial score (nSPS) is 13.8. The Morgan fingerprint density at radius 2 is 1.33 bits per heavy atom. The van der Waals surface area contributed by atoms with Gasteiger partial charge in [0.1, 0.15) is 6.10 Å². The van der Waals surface area contributed by atoms with E-state index in [1.807, 2.05) is 6.92 Å². The smallest absolute Gasteiger partial charge is 0.251 e. The molecule has 3 unspecified atom stereocenters. The molecule has 0 fully saturated rings. The first kappa shape index (κ1) is 24.8. The third kappa shape index (κ3) is 11.9. The van der Waals surface area contributed by atoms with Gasteiger partial charge in [0.05, 0.1) is 6.10 Å². The molecule has 11 nitrogen and oxygen atoms in total. The monoisotopic (exact) mass is 390 g/mol. The summed E-state index contributed by atoms with van der Waals surface area (Å²) < 4.78 is 0. The van der Waals surface area contributed by atoms with Crippen molar-refractivity contribution in [3.05, 3.63) is 0 Å². The van der Waals surface area contributed by atoms with Crippen molar-refractivity contribution in [3.63, 3.8) is 0 Å². The SMILES string of the molecule is CCCC(=O)NCCNC(=O)C(O)C(O)CC(O)C(=O)NCCNC(C)=O. The lowest BCUT2D eigenvalue weighted by atomic mass is 10.1. The zero-order valence-corrected chi connectivity index (χ0v) is 15.7. The Morgan fingerprint density at radius 1 is 0.815 bits per heavy atom. The predicted octanol–water partition coefficient (Wildman–Crippen LogP) is -3.26. The first-order valence-corrected chi connectivity index (χ1v) is 8.79. The van der Waals surface area contributed by atoms with Crippen molar-refractivity contribution in [2.24, 2.45) is 0 Å². The van der Waals surface area contributed by atoms with E-state index in [4.69, 9.17) is 0 Å². The molecule has 0 heterocycles. The number of amides is 4. The summed E-state index contributed by atoms with van der Waals surface area (Å²) in [7, 11) is 0. The minimum absolute atomic E-state index is 0.0598. The minimum Gasteiger partial charge on any atom is -0.390 e. The van der Waals surface area contributed by atoms with Gasteiger partial charge in [0.15, 0.2) is 6.10 Å². The molecule has 4 amide bonds.